The molecule has 0 unspecified atom stereocenters. The van der Waals surface area contributed by atoms with E-state index in [4.69, 9.17) is 16.3 Å². The fourth-order valence-electron chi connectivity index (χ4n) is 2.17. The normalized spacial score (nSPS) is 10.2. The molecule has 2 rings (SSSR count). The third-order valence-corrected chi connectivity index (χ3v) is 3.69. The average molecular weight is 304 g/mol. The van der Waals surface area contributed by atoms with E-state index in [1.54, 1.807) is 18.2 Å². The van der Waals surface area contributed by atoms with Gasteiger partial charge in [-0.15, -0.1) is 0 Å². The lowest BCUT2D eigenvalue weighted by molar-refractivity contribution is 0.0601. The van der Waals surface area contributed by atoms with Crippen molar-refractivity contribution in [3.8, 4) is 0 Å². The largest absolute Gasteiger partial charge is 0.465 e. The molecular formula is C17H18ClNO2. The molecule has 0 heterocycles. The molecule has 0 amide bonds. The van der Waals surface area contributed by atoms with Gasteiger partial charge in [0.05, 0.1) is 23.4 Å². The highest BCUT2D eigenvalue weighted by molar-refractivity contribution is 6.33. The van der Waals surface area contributed by atoms with Crippen LogP contribution in [0, 0.1) is 0 Å². The Morgan fingerprint density at radius 1 is 1.19 bits per heavy atom. The summed E-state index contributed by atoms with van der Waals surface area (Å²) >= 11 is 6.17. The first kappa shape index (κ1) is 15.4. The Bertz CT molecular complexity index is 640. The molecule has 0 saturated carbocycles. The summed E-state index contributed by atoms with van der Waals surface area (Å²) < 4.78 is 4.72. The van der Waals surface area contributed by atoms with Gasteiger partial charge < -0.3 is 10.1 Å². The van der Waals surface area contributed by atoms with Crippen molar-refractivity contribution < 1.29 is 9.53 Å². The van der Waals surface area contributed by atoms with Crippen LogP contribution in [-0.2, 0) is 17.7 Å². The van der Waals surface area contributed by atoms with Crippen molar-refractivity contribution >= 4 is 23.3 Å². The molecule has 21 heavy (non-hydrogen) atoms. The number of hydrogen-bond donors (Lipinski definition) is 1. The number of ether oxygens (including phenoxy) is 1. The van der Waals surface area contributed by atoms with Gasteiger partial charge in [0.2, 0.25) is 0 Å². The van der Waals surface area contributed by atoms with E-state index in [0.29, 0.717) is 17.1 Å². The maximum absolute atomic E-state index is 11.6. The Hall–Kier alpha value is -2.00. The summed E-state index contributed by atoms with van der Waals surface area (Å²) in [4.78, 5) is 11.6. The predicted octanol–water partition coefficient (Wildman–Crippen LogP) is 4.30. The van der Waals surface area contributed by atoms with Gasteiger partial charge in [0, 0.05) is 6.54 Å². The van der Waals surface area contributed by atoms with Crippen LogP contribution in [-0.4, -0.2) is 13.1 Å². The van der Waals surface area contributed by atoms with Crippen LogP contribution in [0.1, 0.15) is 28.4 Å². The van der Waals surface area contributed by atoms with E-state index in [1.165, 1.54) is 18.2 Å². The number of benzene rings is 2. The summed E-state index contributed by atoms with van der Waals surface area (Å²) in [5.74, 6) is -0.372. The fourth-order valence-corrected chi connectivity index (χ4v) is 2.36. The summed E-state index contributed by atoms with van der Waals surface area (Å²) in [6.45, 7) is 2.79. The van der Waals surface area contributed by atoms with Crippen molar-refractivity contribution in [1.82, 2.24) is 0 Å². The maximum Gasteiger partial charge on any atom is 0.337 e. The zero-order chi connectivity index (χ0) is 15.2. The average Bonchev–Trinajstić information content (AvgIpc) is 2.53. The quantitative estimate of drug-likeness (QED) is 0.837. The minimum atomic E-state index is -0.372. The Morgan fingerprint density at radius 2 is 1.90 bits per heavy atom. The maximum atomic E-state index is 11.6. The molecule has 0 saturated heterocycles. The van der Waals surface area contributed by atoms with Gasteiger partial charge in [-0.2, -0.15) is 0 Å². The Kier molecular flexibility index (Phi) is 5.23. The number of methoxy groups -OCH3 is 1. The monoisotopic (exact) mass is 303 g/mol. The molecule has 0 spiro atoms. The van der Waals surface area contributed by atoms with Crippen LogP contribution in [0.4, 0.5) is 5.69 Å². The van der Waals surface area contributed by atoms with Crippen LogP contribution in [0.25, 0.3) is 0 Å². The number of carbonyl (C=O) groups excluding carboxylic acids is 1. The minimum absolute atomic E-state index is 0.372. The molecule has 0 aliphatic rings. The van der Waals surface area contributed by atoms with Crippen molar-refractivity contribution in [1.29, 1.82) is 0 Å². The SMILES string of the molecule is CCc1ccccc1CNc1cc(C(=O)OC)ccc1Cl. The summed E-state index contributed by atoms with van der Waals surface area (Å²) in [5.41, 5.74) is 3.73. The molecule has 1 N–H and O–H groups in total. The van der Waals surface area contributed by atoms with Crippen molar-refractivity contribution in [2.75, 3.05) is 12.4 Å². The second-order valence-electron chi connectivity index (χ2n) is 4.66. The second-order valence-corrected chi connectivity index (χ2v) is 5.07. The van der Waals surface area contributed by atoms with Crippen LogP contribution < -0.4 is 5.32 Å². The van der Waals surface area contributed by atoms with Crippen LogP contribution in [0.2, 0.25) is 5.02 Å². The van der Waals surface area contributed by atoms with Gasteiger partial charge in [0.1, 0.15) is 0 Å². The van der Waals surface area contributed by atoms with Gasteiger partial charge in [-0.1, -0.05) is 42.8 Å². The lowest BCUT2D eigenvalue weighted by Crippen LogP contribution is -2.05. The van der Waals surface area contributed by atoms with Gasteiger partial charge >= 0.3 is 5.97 Å². The Labute approximate surface area is 129 Å². The number of halogens is 1. The first-order chi connectivity index (χ1) is 10.2. The fraction of sp³-hybridized carbons (Fsp3) is 0.235. The lowest BCUT2D eigenvalue weighted by atomic mass is 10.1. The van der Waals surface area contributed by atoms with Crippen LogP contribution >= 0.6 is 11.6 Å². The highest BCUT2D eigenvalue weighted by atomic mass is 35.5. The molecule has 0 atom stereocenters. The molecule has 2 aromatic carbocycles. The summed E-state index contributed by atoms with van der Waals surface area (Å²) in [6, 6.07) is 13.3. The van der Waals surface area contributed by atoms with E-state index in [-0.39, 0.29) is 5.97 Å². The van der Waals surface area contributed by atoms with Crippen LogP contribution in [0.15, 0.2) is 42.5 Å². The van der Waals surface area contributed by atoms with Crippen molar-refractivity contribution in [2.24, 2.45) is 0 Å². The number of carbonyl (C=O) groups is 1. The summed E-state index contributed by atoms with van der Waals surface area (Å²) in [5, 5.41) is 3.86. The van der Waals surface area contributed by atoms with Crippen molar-refractivity contribution in [2.45, 2.75) is 19.9 Å². The number of aryl methyl sites for hydroxylation is 1. The molecule has 0 aliphatic carbocycles. The molecule has 0 bridgehead atoms. The first-order valence-corrected chi connectivity index (χ1v) is 7.22. The minimum Gasteiger partial charge on any atom is -0.465 e. The topological polar surface area (TPSA) is 38.3 Å². The van der Waals surface area contributed by atoms with Gasteiger partial charge in [-0.05, 0) is 35.7 Å². The van der Waals surface area contributed by atoms with E-state index in [1.807, 2.05) is 12.1 Å². The van der Waals surface area contributed by atoms with Gasteiger partial charge in [-0.25, -0.2) is 4.79 Å². The zero-order valence-corrected chi connectivity index (χ0v) is 12.9. The van der Waals surface area contributed by atoms with Gasteiger partial charge in [-0.3, -0.25) is 0 Å². The molecule has 0 radical (unpaired) electrons. The van der Waals surface area contributed by atoms with Crippen LogP contribution in [0.5, 0.6) is 0 Å². The molecule has 0 fully saturated rings. The van der Waals surface area contributed by atoms with E-state index in [2.05, 4.69) is 24.4 Å². The smallest absolute Gasteiger partial charge is 0.337 e. The standard InChI is InChI=1S/C17H18ClNO2/c1-3-12-6-4-5-7-14(12)11-19-16-10-13(17(20)21-2)8-9-15(16)18/h4-10,19H,3,11H2,1-2H3. The van der Waals surface area contributed by atoms with E-state index in [9.17, 15) is 4.79 Å². The first-order valence-electron chi connectivity index (χ1n) is 6.84. The number of rotatable bonds is 5. The second kappa shape index (κ2) is 7.14. The lowest BCUT2D eigenvalue weighted by Gasteiger charge is -2.12. The van der Waals surface area contributed by atoms with Gasteiger partial charge in [0.25, 0.3) is 0 Å². The Balaban J connectivity index is 2.17. The molecule has 0 aliphatic heterocycles. The van der Waals surface area contributed by atoms with Crippen LogP contribution in [0.3, 0.4) is 0 Å². The van der Waals surface area contributed by atoms with E-state index < -0.39 is 0 Å². The third kappa shape index (κ3) is 3.76. The Morgan fingerprint density at radius 3 is 2.57 bits per heavy atom. The third-order valence-electron chi connectivity index (χ3n) is 3.36. The number of anilines is 1. The molecule has 4 heteroatoms. The molecule has 110 valence electrons. The highest BCUT2D eigenvalue weighted by Crippen LogP contribution is 2.24. The summed E-state index contributed by atoms with van der Waals surface area (Å²) in [6.07, 6.45) is 0.980. The van der Waals surface area contributed by atoms with Crippen molar-refractivity contribution in [3.05, 3.63) is 64.2 Å². The van der Waals surface area contributed by atoms with Crippen molar-refractivity contribution in [3.63, 3.8) is 0 Å². The van der Waals surface area contributed by atoms with Gasteiger partial charge in [0.15, 0.2) is 0 Å². The predicted molar refractivity (Wildman–Crippen MR) is 85.9 cm³/mol. The number of hydrogen-bond acceptors (Lipinski definition) is 3. The van der Waals surface area contributed by atoms with E-state index in [0.717, 1.165) is 12.1 Å². The molecule has 3 nitrogen and oxygen atoms in total. The zero-order valence-electron chi connectivity index (χ0n) is 12.2. The van der Waals surface area contributed by atoms with E-state index >= 15 is 0 Å². The molecule has 2 aromatic rings. The number of nitrogens with one attached hydrogen (secondary N) is 1. The molecule has 0 aromatic heterocycles. The highest BCUT2D eigenvalue weighted by Gasteiger charge is 2.09. The number of esters is 1. The molecular weight excluding hydrogens is 286 g/mol. The summed E-state index contributed by atoms with van der Waals surface area (Å²) in [7, 11) is 1.36.